The number of halogens is 1. The predicted octanol–water partition coefficient (Wildman–Crippen LogP) is 1.33. The molecule has 2 rings (SSSR count). The average molecular weight is 291 g/mol. The summed E-state index contributed by atoms with van der Waals surface area (Å²) in [5.41, 5.74) is 0.609. The minimum atomic E-state index is -0.460. The van der Waals surface area contributed by atoms with Crippen molar-refractivity contribution in [2.24, 2.45) is 5.92 Å². The van der Waals surface area contributed by atoms with Crippen LogP contribution in [0.2, 0.25) is 0 Å². The third-order valence-corrected chi connectivity index (χ3v) is 3.42. The smallest absolute Gasteiger partial charge is 0.252 e. The van der Waals surface area contributed by atoms with Crippen LogP contribution in [0.1, 0.15) is 28.8 Å². The molecule has 0 saturated carbocycles. The van der Waals surface area contributed by atoms with E-state index in [-0.39, 0.29) is 18.1 Å². The molecule has 0 unspecified atom stereocenters. The van der Waals surface area contributed by atoms with Gasteiger partial charge in [0.25, 0.3) is 5.91 Å². The molecule has 0 aromatic heterocycles. The van der Waals surface area contributed by atoms with Gasteiger partial charge in [0.1, 0.15) is 12.4 Å². The van der Waals surface area contributed by atoms with Crippen LogP contribution in [0.15, 0.2) is 18.2 Å². The maximum absolute atomic E-state index is 13.2. The highest BCUT2D eigenvalue weighted by atomic mass is 19.1. The number of carbonyl (C=O) groups is 1. The first-order valence-electron chi connectivity index (χ1n) is 6.96. The lowest BCUT2D eigenvalue weighted by molar-refractivity contribution is 0.0642. The number of rotatable bonds is 3. The number of nitrogens with one attached hydrogen (secondary N) is 1. The molecule has 1 amide bonds. The first kappa shape index (κ1) is 15.5. The van der Waals surface area contributed by atoms with Crippen molar-refractivity contribution in [2.45, 2.75) is 12.8 Å². The Hall–Kier alpha value is -1.90. The highest BCUT2D eigenvalue weighted by Gasteiger charge is 2.16. The van der Waals surface area contributed by atoms with E-state index in [9.17, 15) is 9.18 Å². The largest absolute Gasteiger partial charge is 0.384 e. The second kappa shape index (κ2) is 7.77. The van der Waals surface area contributed by atoms with Crippen LogP contribution in [-0.4, -0.2) is 37.4 Å². The molecule has 0 aliphatic carbocycles. The highest BCUT2D eigenvalue weighted by molar-refractivity contribution is 5.96. The van der Waals surface area contributed by atoms with Gasteiger partial charge in [-0.2, -0.15) is 0 Å². The Morgan fingerprint density at radius 2 is 2.19 bits per heavy atom. The quantitative estimate of drug-likeness (QED) is 0.826. The number of ether oxygens (including phenoxy) is 1. The van der Waals surface area contributed by atoms with E-state index in [1.54, 1.807) is 0 Å². The molecule has 1 fully saturated rings. The number of hydrogen-bond donors (Lipinski definition) is 2. The topological polar surface area (TPSA) is 58.6 Å². The van der Waals surface area contributed by atoms with Crippen molar-refractivity contribution in [3.63, 3.8) is 0 Å². The van der Waals surface area contributed by atoms with E-state index in [2.05, 4.69) is 17.2 Å². The molecule has 1 aliphatic rings. The second-order valence-electron chi connectivity index (χ2n) is 4.92. The Balaban J connectivity index is 2.03. The lowest BCUT2D eigenvalue weighted by Gasteiger charge is -2.22. The number of hydrogen-bond acceptors (Lipinski definition) is 3. The number of amides is 1. The van der Waals surface area contributed by atoms with Crippen molar-refractivity contribution >= 4 is 5.91 Å². The summed E-state index contributed by atoms with van der Waals surface area (Å²) in [5.74, 6) is 4.71. The molecule has 1 aromatic rings. The minimum Gasteiger partial charge on any atom is -0.384 e. The summed E-state index contributed by atoms with van der Waals surface area (Å²) in [6.45, 7) is 1.70. The van der Waals surface area contributed by atoms with Crippen molar-refractivity contribution in [1.29, 1.82) is 0 Å². The van der Waals surface area contributed by atoms with Crippen LogP contribution in [-0.2, 0) is 4.74 Å². The Morgan fingerprint density at radius 1 is 1.43 bits per heavy atom. The fourth-order valence-electron chi connectivity index (χ4n) is 2.24. The van der Waals surface area contributed by atoms with Gasteiger partial charge >= 0.3 is 0 Å². The molecule has 1 aliphatic heterocycles. The number of carbonyl (C=O) groups excluding carboxylic acids is 1. The Bertz CT molecular complexity index is 556. The van der Waals surface area contributed by atoms with Gasteiger partial charge in [0.05, 0.1) is 5.56 Å². The number of benzene rings is 1. The molecule has 0 atom stereocenters. The number of aliphatic hydroxyl groups is 1. The fraction of sp³-hybridized carbons (Fsp3) is 0.438. The van der Waals surface area contributed by atoms with Crippen LogP contribution >= 0.6 is 0 Å². The molecule has 1 aromatic carbocycles. The number of aliphatic hydroxyl groups excluding tert-OH is 1. The molecular weight excluding hydrogens is 273 g/mol. The summed E-state index contributed by atoms with van der Waals surface area (Å²) in [7, 11) is 0. The molecule has 0 radical (unpaired) electrons. The van der Waals surface area contributed by atoms with Crippen molar-refractivity contribution in [3.05, 3.63) is 35.1 Å². The Kier molecular flexibility index (Phi) is 5.73. The van der Waals surface area contributed by atoms with Crippen LogP contribution in [0.3, 0.4) is 0 Å². The molecule has 5 heteroatoms. The van der Waals surface area contributed by atoms with Crippen molar-refractivity contribution < 1.29 is 19.0 Å². The Labute approximate surface area is 123 Å². The average Bonchev–Trinajstić information content (AvgIpc) is 2.51. The van der Waals surface area contributed by atoms with Gasteiger partial charge in [0.2, 0.25) is 0 Å². The normalized spacial score (nSPS) is 15.1. The van der Waals surface area contributed by atoms with Gasteiger partial charge < -0.3 is 15.2 Å². The maximum atomic E-state index is 13.2. The molecule has 21 heavy (non-hydrogen) atoms. The third-order valence-electron chi connectivity index (χ3n) is 3.42. The van der Waals surface area contributed by atoms with E-state index in [0.29, 0.717) is 18.0 Å². The predicted molar refractivity (Wildman–Crippen MR) is 76.2 cm³/mol. The molecule has 1 saturated heterocycles. The third kappa shape index (κ3) is 4.55. The summed E-state index contributed by atoms with van der Waals surface area (Å²) < 4.78 is 18.5. The Morgan fingerprint density at radius 3 is 2.90 bits per heavy atom. The zero-order chi connectivity index (χ0) is 15.1. The van der Waals surface area contributed by atoms with Crippen LogP contribution in [0.5, 0.6) is 0 Å². The molecule has 112 valence electrons. The fourth-order valence-corrected chi connectivity index (χ4v) is 2.24. The molecule has 1 heterocycles. The summed E-state index contributed by atoms with van der Waals surface area (Å²) in [5, 5.41) is 11.6. The molecular formula is C16H18FNO3. The van der Waals surface area contributed by atoms with E-state index < -0.39 is 5.82 Å². The van der Waals surface area contributed by atoms with Gasteiger partial charge in [-0.25, -0.2) is 4.39 Å². The van der Waals surface area contributed by atoms with E-state index in [4.69, 9.17) is 9.84 Å². The first-order valence-corrected chi connectivity index (χ1v) is 6.96. The lowest BCUT2D eigenvalue weighted by atomic mass is 10.00. The summed E-state index contributed by atoms with van der Waals surface area (Å²) in [6.07, 6.45) is 1.86. The molecule has 0 spiro atoms. The summed E-state index contributed by atoms with van der Waals surface area (Å²) in [6, 6.07) is 3.84. The van der Waals surface area contributed by atoms with E-state index in [1.165, 1.54) is 18.2 Å². The molecule has 4 nitrogen and oxygen atoms in total. The summed E-state index contributed by atoms with van der Waals surface area (Å²) >= 11 is 0. The zero-order valence-corrected chi connectivity index (χ0v) is 11.7. The van der Waals surface area contributed by atoms with Gasteiger partial charge in [-0.1, -0.05) is 11.8 Å². The van der Waals surface area contributed by atoms with Crippen LogP contribution in [0.4, 0.5) is 4.39 Å². The van der Waals surface area contributed by atoms with Crippen LogP contribution in [0, 0.1) is 23.6 Å². The van der Waals surface area contributed by atoms with E-state index >= 15 is 0 Å². The van der Waals surface area contributed by atoms with Crippen LogP contribution < -0.4 is 5.32 Å². The zero-order valence-electron chi connectivity index (χ0n) is 11.7. The van der Waals surface area contributed by atoms with Crippen molar-refractivity contribution in [1.82, 2.24) is 5.32 Å². The maximum Gasteiger partial charge on any atom is 0.252 e. The first-order chi connectivity index (χ1) is 10.2. The van der Waals surface area contributed by atoms with Gasteiger partial charge in [-0.15, -0.1) is 0 Å². The van der Waals surface area contributed by atoms with Gasteiger partial charge in [-0.3, -0.25) is 4.79 Å². The molecule has 2 N–H and O–H groups in total. The summed E-state index contributed by atoms with van der Waals surface area (Å²) in [4.78, 5) is 12.2. The van der Waals surface area contributed by atoms with Crippen LogP contribution in [0.25, 0.3) is 0 Å². The van der Waals surface area contributed by atoms with E-state index in [1.807, 2.05) is 0 Å². The minimum absolute atomic E-state index is 0.274. The monoisotopic (exact) mass is 291 g/mol. The van der Waals surface area contributed by atoms with Crippen molar-refractivity contribution in [2.75, 3.05) is 26.4 Å². The van der Waals surface area contributed by atoms with Gasteiger partial charge in [-0.05, 0) is 37.0 Å². The van der Waals surface area contributed by atoms with E-state index in [0.717, 1.165) is 26.1 Å². The highest BCUT2D eigenvalue weighted by Crippen LogP contribution is 2.14. The van der Waals surface area contributed by atoms with Gasteiger partial charge in [0, 0.05) is 25.3 Å². The lowest BCUT2D eigenvalue weighted by Crippen LogP contribution is -2.32. The molecule has 0 bridgehead atoms. The van der Waals surface area contributed by atoms with Crippen molar-refractivity contribution in [3.8, 4) is 11.8 Å². The second-order valence-corrected chi connectivity index (χ2v) is 4.92. The SMILES string of the molecule is O=C(NCC1CCOCC1)c1ccc(F)cc1C#CCO. The standard InChI is InChI=1S/C16H18FNO3/c17-14-3-4-15(13(10-14)2-1-7-19)16(20)18-11-12-5-8-21-9-6-12/h3-4,10,12,19H,5-9,11H2,(H,18,20). The van der Waals surface area contributed by atoms with Gasteiger partial charge in [0.15, 0.2) is 0 Å².